The van der Waals surface area contributed by atoms with E-state index in [2.05, 4.69) is 5.32 Å². The van der Waals surface area contributed by atoms with Crippen molar-refractivity contribution in [3.05, 3.63) is 80.0 Å². The van der Waals surface area contributed by atoms with Gasteiger partial charge in [-0.25, -0.2) is 4.79 Å². The zero-order valence-corrected chi connectivity index (χ0v) is 18.1. The van der Waals surface area contributed by atoms with Crippen LogP contribution in [-0.4, -0.2) is 25.5 Å². The van der Waals surface area contributed by atoms with E-state index in [9.17, 15) is 9.59 Å². The molecular formula is C23H19Cl2NO4. The molecule has 1 aliphatic heterocycles. The SMILES string of the molecule is CCOC(=O)C1=C(C)NC2=C(C(=O)c3ccccc32)[C@H]1c1cc(Cl)cc(Cl)c1OC. The molecule has 2 aliphatic rings. The summed E-state index contributed by atoms with van der Waals surface area (Å²) in [5.74, 6) is -1.06. The van der Waals surface area contributed by atoms with Crippen LogP contribution in [0.5, 0.6) is 5.75 Å². The molecule has 0 unspecified atom stereocenters. The molecule has 2 aromatic rings. The molecule has 30 heavy (non-hydrogen) atoms. The molecule has 0 aromatic heterocycles. The molecular weight excluding hydrogens is 425 g/mol. The molecule has 7 heteroatoms. The average molecular weight is 444 g/mol. The molecule has 2 aromatic carbocycles. The van der Waals surface area contributed by atoms with Gasteiger partial charge in [-0.2, -0.15) is 0 Å². The highest BCUT2D eigenvalue weighted by atomic mass is 35.5. The summed E-state index contributed by atoms with van der Waals surface area (Å²) in [7, 11) is 1.49. The molecule has 0 saturated heterocycles. The van der Waals surface area contributed by atoms with Gasteiger partial charge in [0.05, 0.1) is 35.9 Å². The van der Waals surface area contributed by atoms with E-state index in [4.69, 9.17) is 32.7 Å². The number of carbonyl (C=O) groups is 2. The van der Waals surface area contributed by atoms with Crippen molar-refractivity contribution in [1.29, 1.82) is 0 Å². The summed E-state index contributed by atoms with van der Waals surface area (Å²) in [6.07, 6.45) is 0. The van der Waals surface area contributed by atoms with E-state index in [1.807, 2.05) is 18.2 Å². The number of carbonyl (C=O) groups excluding carboxylic acids is 2. The zero-order valence-electron chi connectivity index (χ0n) is 16.6. The fourth-order valence-corrected chi connectivity index (χ4v) is 4.72. The Balaban J connectivity index is 2.02. The predicted octanol–water partition coefficient (Wildman–Crippen LogP) is 5.13. The summed E-state index contributed by atoms with van der Waals surface area (Å²) in [4.78, 5) is 26.4. The maximum Gasteiger partial charge on any atom is 0.336 e. The number of allylic oxidation sites excluding steroid dienone is 2. The van der Waals surface area contributed by atoms with Crippen molar-refractivity contribution < 1.29 is 19.1 Å². The number of fused-ring (bicyclic) bond motifs is 2. The van der Waals surface area contributed by atoms with Crippen LogP contribution in [0.4, 0.5) is 0 Å². The quantitative estimate of drug-likeness (QED) is 0.663. The van der Waals surface area contributed by atoms with E-state index in [1.54, 1.807) is 32.0 Å². The Morgan fingerprint density at radius 3 is 2.53 bits per heavy atom. The van der Waals surface area contributed by atoms with Gasteiger partial charge in [-0.05, 0) is 26.0 Å². The first kappa shape index (κ1) is 20.5. The Morgan fingerprint density at radius 1 is 1.17 bits per heavy atom. The minimum atomic E-state index is -0.744. The molecule has 1 aliphatic carbocycles. The first-order chi connectivity index (χ1) is 14.4. The van der Waals surface area contributed by atoms with Crippen LogP contribution in [0.15, 0.2) is 53.2 Å². The first-order valence-electron chi connectivity index (χ1n) is 9.45. The zero-order chi connectivity index (χ0) is 21.6. The number of nitrogens with one attached hydrogen (secondary N) is 1. The fourth-order valence-electron chi connectivity index (χ4n) is 4.13. The summed E-state index contributed by atoms with van der Waals surface area (Å²) in [5.41, 5.74) is 3.94. The van der Waals surface area contributed by atoms with Crippen molar-refractivity contribution in [1.82, 2.24) is 5.32 Å². The Hall–Kier alpha value is -2.76. The van der Waals surface area contributed by atoms with Gasteiger partial charge in [-0.1, -0.05) is 47.5 Å². The van der Waals surface area contributed by atoms with Gasteiger partial charge in [0, 0.05) is 33.0 Å². The third-order valence-corrected chi connectivity index (χ3v) is 5.80. The van der Waals surface area contributed by atoms with Gasteiger partial charge in [0.15, 0.2) is 5.78 Å². The highest BCUT2D eigenvalue weighted by Gasteiger charge is 2.44. The van der Waals surface area contributed by atoms with E-state index in [0.29, 0.717) is 49.5 Å². The Kier molecular flexibility index (Phi) is 5.35. The van der Waals surface area contributed by atoms with Crippen LogP contribution in [-0.2, 0) is 9.53 Å². The number of hydrogen-bond donors (Lipinski definition) is 1. The summed E-state index contributed by atoms with van der Waals surface area (Å²) >= 11 is 12.7. The Morgan fingerprint density at radius 2 is 1.87 bits per heavy atom. The van der Waals surface area contributed by atoms with Gasteiger partial charge in [0.1, 0.15) is 5.75 Å². The van der Waals surface area contributed by atoms with Crippen molar-refractivity contribution in [2.75, 3.05) is 13.7 Å². The van der Waals surface area contributed by atoms with Gasteiger partial charge < -0.3 is 14.8 Å². The smallest absolute Gasteiger partial charge is 0.336 e. The van der Waals surface area contributed by atoms with Gasteiger partial charge >= 0.3 is 5.97 Å². The summed E-state index contributed by atoms with van der Waals surface area (Å²) < 4.78 is 10.9. The van der Waals surface area contributed by atoms with E-state index in [0.717, 1.165) is 5.56 Å². The van der Waals surface area contributed by atoms with Crippen molar-refractivity contribution in [2.45, 2.75) is 19.8 Å². The maximum absolute atomic E-state index is 13.4. The molecule has 0 bridgehead atoms. The molecule has 1 N–H and O–H groups in total. The number of Topliss-reactive ketones (excluding diaryl/α,β-unsaturated/α-hetero) is 1. The first-order valence-corrected chi connectivity index (χ1v) is 10.2. The standard InChI is InChI=1S/C23H19Cl2NO4/c1-4-30-23(28)17-11(2)26-20-13-7-5-6-8-14(13)21(27)19(20)18(17)15-9-12(24)10-16(25)22(15)29-3/h5-10,18,26H,4H2,1-3H3/t18-/m0/s1. The van der Waals surface area contributed by atoms with E-state index >= 15 is 0 Å². The normalized spacial score (nSPS) is 17.5. The van der Waals surface area contributed by atoms with Gasteiger partial charge in [-0.15, -0.1) is 0 Å². The second kappa shape index (κ2) is 7.82. The summed E-state index contributed by atoms with van der Waals surface area (Å²) in [6, 6.07) is 10.6. The number of methoxy groups -OCH3 is 1. The Bertz CT molecular complexity index is 1150. The number of rotatable bonds is 4. The number of hydrogen-bond acceptors (Lipinski definition) is 5. The van der Waals surface area contributed by atoms with Crippen LogP contribution in [0.25, 0.3) is 5.70 Å². The summed E-state index contributed by atoms with van der Waals surface area (Å²) in [5, 5.41) is 3.92. The van der Waals surface area contributed by atoms with Gasteiger partial charge in [0.25, 0.3) is 0 Å². The number of benzene rings is 2. The number of esters is 1. The van der Waals surface area contributed by atoms with Gasteiger partial charge in [0.2, 0.25) is 0 Å². The van der Waals surface area contributed by atoms with E-state index in [1.165, 1.54) is 7.11 Å². The highest BCUT2D eigenvalue weighted by molar-refractivity contribution is 6.36. The molecule has 1 heterocycles. The number of ether oxygens (including phenoxy) is 2. The molecule has 0 saturated carbocycles. The Labute approximate surface area is 184 Å². The van der Waals surface area contributed by atoms with Crippen molar-refractivity contribution in [2.24, 2.45) is 0 Å². The van der Waals surface area contributed by atoms with E-state index < -0.39 is 11.9 Å². The van der Waals surface area contributed by atoms with Crippen LogP contribution >= 0.6 is 23.2 Å². The topological polar surface area (TPSA) is 64.6 Å². The minimum Gasteiger partial charge on any atom is -0.495 e. The molecule has 154 valence electrons. The van der Waals surface area contributed by atoms with Gasteiger partial charge in [-0.3, -0.25) is 4.79 Å². The van der Waals surface area contributed by atoms with Crippen LogP contribution in [0.1, 0.15) is 41.3 Å². The van der Waals surface area contributed by atoms with Crippen LogP contribution < -0.4 is 10.1 Å². The number of ketones is 1. The second-order valence-corrected chi connectivity index (χ2v) is 7.83. The van der Waals surface area contributed by atoms with Crippen molar-refractivity contribution >= 4 is 40.7 Å². The lowest BCUT2D eigenvalue weighted by Crippen LogP contribution is -2.29. The lowest BCUT2D eigenvalue weighted by molar-refractivity contribution is -0.138. The average Bonchev–Trinajstić information content (AvgIpc) is 2.99. The second-order valence-electron chi connectivity index (χ2n) is 6.99. The molecule has 1 atom stereocenters. The van der Waals surface area contributed by atoms with Crippen LogP contribution in [0.2, 0.25) is 10.0 Å². The van der Waals surface area contributed by atoms with Crippen LogP contribution in [0.3, 0.4) is 0 Å². The summed E-state index contributed by atoms with van der Waals surface area (Å²) in [6.45, 7) is 3.72. The molecule has 5 nitrogen and oxygen atoms in total. The predicted molar refractivity (Wildman–Crippen MR) is 116 cm³/mol. The van der Waals surface area contributed by atoms with Crippen LogP contribution in [0, 0.1) is 0 Å². The molecule has 0 spiro atoms. The third-order valence-electron chi connectivity index (χ3n) is 5.30. The lowest BCUT2D eigenvalue weighted by Gasteiger charge is -2.30. The monoisotopic (exact) mass is 443 g/mol. The minimum absolute atomic E-state index is 0.162. The maximum atomic E-state index is 13.4. The van der Waals surface area contributed by atoms with E-state index in [-0.39, 0.29) is 12.4 Å². The highest BCUT2D eigenvalue weighted by Crippen LogP contribution is 2.50. The fraction of sp³-hybridized carbons (Fsp3) is 0.217. The largest absolute Gasteiger partial charge is 0.495 e. The molecule has 0 radical (unpaired) electrons. The third kappa shape index (κ3) is 3.09. The van der Waals surface area contributed by atoms with Crippen molar-refractivity contribution in [3.8, 4) is 5.75 Å². The number of halogens is 2. The van der Waals surface area contributed by atoms with Crippen molar-refractivity contribution in [3.63, 3.8) is 0 Å². The lowest BCUT2D eigenvalue weighted by atomic mass is 9.79. The number of dihydropyridines is 1. The molecule has 4 rings (SSSR count). The molecule has 0 amide bonds. The molecule has 0 fully saturated rings.